The summed E-state index contributed by atoms with van der Waals surface area (Å²) in [6.07, 6.45) is 1.92. The lowest BCUT2D eigenvalue weighted by molar-refractivity contribution is -0.142. The molecular weight excluding hydrogens is 390 g/mol. The molecule has 1 N–H and O–H groups in total. The quantitative estimate of drug-likeness (QED) is 0.354. The van der Waals surface area contributed by atoms with E-state index in [2.05, 4.69) is 15.1 Å². The SMILES string of the molecule is CCOC(=O)Cc1ccc(-n2c(C)cc(/C=N\NC(=O)c3ccccc3C)c2C)cc1. The zero-order valence-electron chi connectivity index (χ0n) is 18.3. The Bertz CT molecular complexity index is 1110. The second-order valence-corrected chi connectivity index (χ2v) is 7.32. The molecule has 2 aromatic carbocycles. The van der Waals surface area contributed by atoms with E-state index in [0.717, 1.165) is 33.8 Å². The summed E-state index contributed by atoms with van der Waals surface area (Å²) in [5.74, 6) is -0.463. The van der Waals surface area contributed by atoms with Crippen LogP contribution < -0.4 is 5.43 Å². The lowest BCUT2D eigenvalue weighted by atomic mass is 10.1. The van der Waals surface area contributed by atoms with Gasteiger partial charge in [0.1, 0.15) is 0 Å². The van der Waals surface area contributed by atoms with Crippen molar-refractivity contribution in [3.05, 3.63) is 88.2 Å². The number of benzene rings is 2. The summed E-state index contributed by atoms with van der Waals surface area (Å²) in [5.41, 5.74) is 8.97. The predicted octanol–water partition coefficient (Wildman–Crippen LogP) is 4.27. The highest BCUT2D eigenvalue weighted by Gasteiger charge is 2.11. The summed E-state index contributed by atoms with van der Waals surface area (Å²) in [6, 6.07) is 17.2. The number of rotatable bonds is 7. The van der Waals surface area contributed by atoms with Gasteiger partial charge in [0.05, 0.1) is 19.2 Å². The van der Waals surface area contributed by atoms with Crippen molar-refractivity contribution >= 4 is 18.1 Å². The molecule has 0 radical (unpaired) electrons. The molecule has 31 heavy (non-hydrogen) atoms. The van der Waals surface area contributed by atoms with Crippen LogP contribution in [0.15, 0.2) is 59.7 Å². The van der Waals surface area contributed by atoms with Crippen LogP contribution in [0, 0.1) is 20.8 Å². The van der Waals surface area contributed by atoms with Crippen molar-refractivity contribution in [3.8, 4) is 5.69 Å². The van der Waals surface area contributed by atoms with Gasteiger partial charge in [0.15, 0.2) is 0 Å². The first kappa shape index (κ1) is 22.0. The van der Waals surface area contributed by atoms with Crippen molar-refractivity contribution in [2.45, 2.75) is 34.1 Å². The monoisotopic (exact) mass is 417 g/mol. The molecular formula is C25H27N3O3. The molecule has 0 aliphatic carbocycles. The number of carbonyl (C=O) groups is 2. The fourth-order valence-electron chi connectivity index (χ4n) is 3.51. The van der Waals surface area contributed by atoms with Gasteiger partial charge in [-0.15, -0.1) is 0 Å². The van der Waals surface area contributed by atoms with E-state index in [4.69, 9.17) is 4.74 Å². The first-order chi connectivity index (χ1) is 14.9. The molecule has 3 aromatic rings. The third kappa shape index (κ3) is 5.28. The molecule has 6 nitrogen and oxygen atoms in total. The highest BCUT2D eigenvalue weighted by atomic mass is 16.5. The van der Waals surface area contributed by atoms with E-state index in [-0.39, 0.29) is 18.3 Å². The molecule has 1 heterocycles. The number of amides is 1. The van der Waals surface area contributed by atoms with E-state index >= 15 is 0 Å². The Balaban J connectivity index is 1.73. The lowest BCUT2D eigenvalue weighted by Gasteiger charge is -2.10. The zero-order chi connectivity index (χ0) is 22.4. The zero-order valence-corrected chi connectivity index (χ0v) is 18.3. The van der Waals surface area contributed by atoms with Gasteiger partial charge in [-0.3, -0.25) is 9.59 Å². The third-order valence-corrected chi connectivity index (χ3v) is 5.08. The molecule has 1 amide bonds. The Morgan fingerprint density at radius 2 is 1.77 bits per heavy atom. The fraction of sp³-hybridized carbons (Fsp3) is 0.240. The predicted molar refractivity (Wildman–Crippen MR) is 122 cm³/mol. The second-order valence-electron chi connectivity index (χ2n) is 7.32. The normalized spacial score (nSPS) is 11.0. The molecule has 0 aliphatic heterocycles. The number of hydrazone groups is 1. The molecule has 0 bridgehead atoms. The highest BCUT2D eigenvalue weighted by Crippen LogP contribution is 2.20. The summed E-state index contributed by atoms with van der Waals surface area (Å²) in [6.45, 7) is 8.10. The number of carbonyl (C=O) groups excluding carboxylic acids is 2. The number of aryl methyl sites for hydroxylation is 2. The molecule has 160 valence electrons. The van der Waals surface area contributed by atoms with Crippen LogP contribution in [0.5, 0.6) is 0 Å². The van der Waals surface area contributed by atoms with Crippen LogP contribution in [-0.4, -0.2) is 29.3 Å². The molecule has 0 spiro atoms. The minimum Gasteiger partial charge on any atom is -0.466 e. The minimum absolute atomic E-state index is 0.227. The smallest absolute Gasteiger partial charge is 0.310 e. The molecule has 0 unspecified atom stereocenters. The van der Waals surface area contributed by atoms with Crippen LogP contribution in [-0.2, 0) is 16.0 Å². The molecule has 6 heteroatoms. The van der Waals surface area contributed by atoms with Crippen LogP contribution in [0.1, 0.15) is 45.4 Å². The van der Waals surface area contributed by atoms with E-state index < -0.39 is 0 Å². The Hall–Kier alpha value is -3.67. The topological polar surface area (TPSA) is 72.7 Å². The summed E-state index contributed by atoms with van der Waals surface area (Å²) in [5, 5.41) is 4.14. The third-order valence-electron chi connectivity index (χ3n) is 5.08. The second kappa shape index (κ2) is 9.89. The van der Waals surface area contributed by atoms with Gasteiger partial charge < -0.3 is 9.30 Å². The fourth-order valence-corrected chi connectivity index (χ4v) is 3.51. The average molecular weight is 418 g/mol. The minimum atomic E-state index is -0.236. The van der Waals surface area contributed by atoms with Crippen LogP contribution in [0.4, 0.5) is 0 Å². The Kier molecular flexibility index (Phi) is 7.03. The summed E-state index contributed by atoms with van der Waals surface area (Å²) >= 11 is 0. The van der Waals surface area contributed by atoms with E-state index in [9.17, 15) is 9.59 Å². The Morgan fingerprint density at radius 1 is 1.06 bits per heavy atom. The molecule has 0 atom stereocenters. The number of esters is 1. The standard InChI is InChI=1S/C25H27N3O3/c1-5-31-24(29)15-20-10-12-22(13-11-20)28-18(3)14-21(19(28)4)16-26-27-25(30)23-9-7-6-8-17(23)2/h6-14,16H,5,15H2,1-4H3,(H,27,30)/b26-16-. The van der Waals surface area contributed by atoms with Gasteiger partial charge in [0.2, 0.25) is 0 Å². The van der Waals surface area contributed by atoms with Crippen molar-refractivity contribution in [2.75, 3.05) is 6.61 Å². The van der Waals surface area contributed by atoms with Gasteiger partial charge in [0, 0.05) is 28.2 Å². The summed E-state index contributed by atoms with van der Waals surface area (Å²) < 4.78 is 7.11. The van der Waals surface area contributed by atoms with Gasteiger partial charge in [-0.05, 0) is 63.1 Å². The number of ether oxygens (including phenoxy) is 1. The summed E-state index contributed by atoms with van der Waals surface area (Å²) in [7, 11) is 0. The maximum atomic E-state index is 12.3. The number of hydrogen-bond acceptors (Lipinski definition) is 4. The number of hydrogen-bond donors (Lipinski definition) is 1. The highest BCUT2D eigenvalue weighted by molar-refractivity contribution is 5.96. The maximum absolute atomic E-state index is 12.3. The van der Waals surface area contributed by atoms with Gasteiger partial charge in [-0.25, -0.2) is 5.43 Å². The average Bonchev–Trinajstić information content (AvgIpc) is 3.02. The maximum Gasteiger partial charge on any atom is 0.310 e. The summed E-state index contributed by atoms with van der Waals surface area (Å²) in [4.78, 5) is 24.0. The van der Waals surface area contributed by atoms with E-state index in [1.54, 1.807) is 19.2 Å². The van der Waals surface area contributed by atoms with E-state index in [1.165, 1.54) is 0 Å². The van der Waals surface area contributed by atoms with Gasteiger partial charge in [-0.1, -0.05) is 30.3 Å². The lowest BCUT2D eigenvalue weighted by Crippen LogP contribution is -2.18. The number of nitrogens with one attached hydrogen (secondary N) is 1. The molecule has 0 saturated heterocycles. The molecule has 0 saturated carbocycles. The first-order valence-corrected chi connectivity index (χ1v) is 10.2. The van der Waals surface area contributed by atoms with Crippen LogP contribution in [0.25, 0.3) is 5.69 Å². The number of aromatic nitrogens is 1. The van der Waals surface area contributed by atoms with Crippen molar-refractivity contribution in [1.82, 2.24) is 9.99 Å². The van der Waals surface area contributed by atoms with Crippen LogP contribution >= 0.6 is 0 Å². The van der Waals surface area contributed by atoms with Crippen molar-refractivity contribution in [1.29, 1.82) is 0 Å². The van der Waals surface area contributed by atoms with Gasteiger partial charge >= 0.3 is 5.97 Å². The van der Waals surface area contributed by atoms with Crippen molar-refractivity contribution < 1.29 is 14.3 Å². The first-order valence-electron chi connectivity index (χ1n) is 10.2. The Morgan fingerprint density at radius 3 is 2.45 bits per heavy atom. The van der Waals surface area contributed by atoms with Gasteiger partial charge in [0.25, 0.3) is 5.91 Å². The van der Waals surface area contributed by atoms with E-state index in [0.29, 0.717) is 12.2 Å². The molecule has 0 fully saturated rings. The number of nitrogens with zero attached hydrogens (tertiary/aromatic N) is 2. The van der Waals surface area contributed by atoms with E-state index in [1.807, 2.05) is 69.3 Å². The van der Waals surface area contributed by atoms with Crippen LogP contribution in [0.3, 0.4) is 0 Å². The largest absolute Gasteiger partial charge is 0.466 e. The van der Waals surface area contributed by atoms with Crippen molar-refractivity contribution in [2.24, 2.45) is 5.10 Å². The molecule has 0 aliphatic rings. The van der Waals surface area contributed by atoms with Crippen molar-refractivity contribution in [3.63, 3.8) is 0 Å². The Labute approximate surface area is 182 Å². The molecule has 1 aromatic heterocycles. The van der Waals surface area contributed by atoms with Crippen LogP contribution in [0.2, 0.25) is 0 Å². The van der Waals surface area contributed by atoms with Gasteiger partial charge in [-0.2, -0.15) is 5.10 Å². The molecule has 3 rings (SSSR count).